The average Bonchev–Trinajstić information content (AvgIpc) is 2.12. The molecule has 0 bridgehead atoms. The van der Waals surface area contributed by atoms with Crippen molar-refractivity contribution in [2.75, 3.05) is 18.5 Å². The quantitative estimate of drug-likeness (QED) is 0.616. The smallest absolute Gasteiger partial charge is 0.102 e. The van der Waals surface area contributed by atoms with Crippen LogP contribution in [-0.4, -0.2) is 18.5 Å². The minimum absolute atomic E-state index is 0.134. The van der Waals surface area contributed by atoms with E-state index in [1.165, 1.54) is 0 Å². The summed E-state index contributed by atoms with van der Waals surface area (Å²) >= 11 is 0. The summed E-state index contributed by atoms with van der Waals surface area (Å²) in [6.07, 6.45) is 3.36. The van der Waals surface area contributed by atoms with Gasteiger partial charge >= 0.3 is 0 Å². The highest BCUT2D eigenvalue weighted by atomic mass is 31.2. The van der Waals surface area contributed by atoms with Gasteiger partial charge in [-0.1, -0.05) is 13.3 Å². The van der Waals surface area contributed by atoms with Crippen molar-refractivity contribution < 1.29 is 4.57 Å². The minimum atomic E-state index is -2.34. The van der Waals surface area contributed by atoms with E-state index in [4.69, 9.17) is 10.5 Å². The highest BCUT2D eigenvalue weighted by Gasteiger charge is 2.20. The van der Waals surface area contributed by atoms with Crippen LogP contribution in [0.4, 0.5) is 0 Å². The van der Waals surface area contributed by atoms with Gasteiger partial charge in [0, 0.05) is 18.7 Å². The molecule has 0 aliphatic carbocycles. The lowest BCUT2D eigenvalue weighted by Crippen LogP contribution is -1.98. The molecule has 0 aromatic carbocycles. The zero-order chi connectivity index (χ0) is 10.2. The lowest BCUT2D eigenvalue weighted by molar-refractivity contribution is 0.574. The van der Waals surface area contributed by atoms with Gasteiger partial charge in [-0.3, -0.25) is 0 Å². The Balaban J connectivity index is 4.11. The van der Waals surface area contributed by atoms with E-state index in [0.29, 0.717) is 18.7 Å². The van der Waals surface area contributed by atoms with Gasteiger partial charge in [0.25, 0.3) is 0 Å². The van der Waals surface area contributed by atoms with Crippen molar-refractivity contribution in [1.29, 1.82) is 10.5 Å². The topological polar surface area (TPSA) is 64.7 Å². The Morgan fingerprint density at radius 3 is 2.38 bits per heavy atom. The third kappa shape index (κ3) is 5.45. The molecule has 0 fully saturated rings. The molecule has 0 aromatic rings. The molecule has 13 heavy (non-hydrogen) atoms. The van der Waals surface area contributed by atoms with E-state index >= 15 is 0 Å². The van der Waals surface area contributed by atoms with Crippen molar-refractivity contribution in [3.05, 3.63) is 0 Å². The molecule has 3 nitrogen and oxygen atoms in total. The second kappa shape index (κ2) is 6.70. The number of nitrogens with zero attached hydrogens (tertiary/aromatic N) is 2. The van der Waals surface area contributed by atoms with E-state index in [-0.39, 0.29) is 6.16 Å². The highest BCUT2D eigenvalue weighted by molar-refractivity contribution is 7.64. The largest absolute Gasteiger partial charge is 0.322 e. The summed E-state index contributed by atoms with van der Waals surface area (Å²) in [5.41, 5.74) is 0. The summed E-state index contributed by atoms with van der Waals surface area (Å²) in [4.78, 5) is 0. The van der Waals surface area contributed by atoms with Crippen molar-refractivity contribution in [3.63, 3.8) is 0 Å². The van der Waals surface area contributed by atoms with Crippen LogP contribution in [0, 0.1) is 22.7 Å². The molecule has 0 radical (unpaired) electrons. The van der Waals surface area contributed by atoms with Crippen LogP contribution in [0.3, 0.4) is 0 Å². The molecule has 0 rings (SSSR count). The maximum absolute atomic E-state index is 12.0. The van der Waals surface area contributed by atoms with Crippen molar-refractivity contribution in [2.45, 2.75) is 26.2 Å². The summed E-state index contributed by atoms with van der Waals surface area (Å²) in [6, 6.07) is 3.93. The van der Waals surface area contributed by atoms with Gasteiger partial charge in [-0.25, -0.2) is 0 Å². The Kier molecular flexibility index (Phi) is 6.29. The lowest BCUT2D eigenvalue weighted by atomic mass is 10.4. The first-order valence-electron chi connectivity index (χ1n) is 4.49. The van der Waals surface area contributed by atoms with E-state index in [9.17, 15) is 4.57 Å². The number of hydrogen-bond donors (Lipinski definition) is 0. The van der Waals surface area contributed by atoms with E-state index in [2.05, 4.69) is 0 Å². The summed E-state index contributed by atoms with van der Waals surface area (Å²) in [5, 5.41) is 16.9. The molecule has 0 spiro atoms. The molecule has 0 amide bonds. The van der Waals surface area contributed by atoms with Gasteiger partial charge in [0.2, 0.25) is 0 Å². The Morgan fingerprint density at radius 2 is 1.92 bits per heavy atom. The fourth-order valence-electron chi connectivity index (χ4n) is 1.10. The summed E-state index contributed by atoms with van der Waals surface area (Å²) in [6.45, 7) is 2.03. The first kappa shape index (κ1) is 12.2. The first-order chi connectivity index (χ1) is 6.18. The Bertz CT molecular complexity index is 262. The number of rotatable bonds is 6. The minimum Gasteiger partial charge on any atom is -0.322 e. The summed E-state index contributed by atoms with van der Waals surface area (Å²) < 4.78 is 12.0. The second-order valence-corrected chi connectivity index (χ2v) is 6.41. The predicted octanol–water partition coefficient (Wildman–Crippen LogP) is 2.59. The third-order valence-electron chi connectivity index (χ3n) is 1.91. The van der Waals surface area contributed by atoms with Gasteiger partial charge in [-0.2, -0.15) is 10.5 Å². The Labute approximate surface area is 79.7 Å². The molecular weight excluding hydrogens is 183 g/mol. The van der Waals surface area contributed by atoms with Gasteiger partial charge < -0.3 is 4.57 Å². The van der Waals surface area contributed by atoms with Gasteiger partial charge in [0.1, 0.15) is 7.14 Å². The van der Waals surface area contributed by atoms with Crippen LogP contribution < -0.4 is 0 Å². The van der Waals surface area contributed by atoms with Crippen LogP contribution in [0.25, 0.3) is 0 Å². The summed E-state index contributed by atoms with van der Waals surface area (Å²) in [7, 11) is -2.34. The predicted molar refractivity (Wildman–Crippen MR) is 53.0 cm³/mol. The SMILES string of the molecule is CCCCP(=O)(CC#N)CCC#N. The van der Waals surface area contributed by atoms with Gasteiger partial charge in [0.15, 0.2) is 0 Å². The molecule has 0 aliphatic heterocycles. The van der Waals surface area contributed by atoms with Crippen LogP contribution >= 0.6 is 7.14 Å². The third-order valence-corrected chi connectivity index (χ3v) is 4.80. The molecule has 0 aliphatic rings. The Morgan fingerprint density at radius 1 is 1.23 bits per heavy atom. The molecule has 0 aromatic heterocycles. The molecule has 0 N–H and O–H groups in total. The molecule has 1 atom stereocenters. The molecular formula is C9H15N2OP. The summed E-state index contributed by atoms with van der Waals surface area (Å²) in [5.74, 6) is 0. The molecule has 0 saturated carbocycles. The van der Waals surface area contributed by atoms with Crippen LogP contribution in [-0.2, 0) is 4.57 Å². The normalized spacial score (nSPS) is 14.1. The number of unbranched alkanes of at least 4 members (excludes halogenated alkanes) is 1. The maximum atomic E-state index is 12.0. The first-order valence-corrected chi connectivity index (χ1v) is 6.76. The van der Waals surface area contributed by atoms with Gasteiger partial charge in [-0.05, 0) is 6.42 Å². The monoisotopic (exact) mass is 198 g/mol. The highest BCUT2D eigenvalue weighted by Crippen LogP contribution is 2.46. The fourth-order valence-corrected chi connectivity index (χ4v) is 3.30. The fraction of sp³-hybridized carbons (Fsp3) is 0.778. The lowest BCUT2D eigenvalue weighted by Gasteiger charge is -2.12. The second-order valence-electron chi connectivity index (χ2n) is 3.08. The maximum Gasteiger partial charge on any atom is 0.102 e. The van der Waals surface area contributed by atoms with E-state index in [1.807, 2.05) is 19.1 Å². The molecule has 72 valence electrons. The zero-order valence-electron chi connectivity index (χ0n) is 7.99. The van der Waals surface area contributed by atoms with Crippen LogP contribution in [0.15, 0.2) is 0 Å². The molecule has 0 saturated heterocycles. The number of nitriles is 2. The van der Waals surface area contributed by atoms with Crippen molar-refractivity contribution in [3.8, 4) is 12.1 Å². The number of hydrogen-bond acceptors (Lipinski definition) is 3. The molecule has 4 heteroatoms. The average molecular weight is 198 g/mol. The standard InChI is InChI=1S/C9H15N2OP/c1-2-3-7-13(12,9-6-11)8-4-5-10/h2-4,7-9H2,1H3. The van der Waals surface area contributed by atoms with Crippen LogP contribution in [0.1, 0.15) is 26.2 Å². The Hall–Kier alpha value is -0.790. The van der Waals surface area contributed by atoms with Crippen LogP contribution in [0.5, 0.6) is 0 Å². The van der Waals surface area contributed by atoms with Crippen molar-refractivity contribution >= 4 is 7.14 Å². The molecule has 0 heterocycles. The van der Waals surface area contributed by atoms with E-state index < -0.39 is 7.14 Å². The van der Waals surface area contributed by atoms with Crippen molar-refractivity contribution in [2.24, 2.45) is 0 Å². The van der Waals surface area contributed by atoms with Crippen molar-refractivity contribution in [1.82, 2.24) is 0 Å². The van der Waals surface area contributed by atoms with Crippen LogP contribution in [0.2, 0.25) is 0 Å². The molecule has 1 unspecified atom stereocenters. The van der Waals surface area contributed by atoms with Gasteiger partial charge in [0.05, 0.1) is 18.3 Å². The zero-order valence-corrected chi connectivity index (χ0v) is 8.89. The van der Waals surface area contributed by atoms with E-state index in [0.717, 1.165) is 12.8 Å². The van der Waals surface area contributed by atoms with Gasteiger partial charge in [-0.15, -0.1) is 0 Å². The van der Waals surface area contributed by atoms with E-state index in [1.54, 1.807) is 0 Å².